The Labute approximate surface area is 99.1 Å². The van der Waals surface area contributed by atoms with Crippen molar-refractivity contribution in [3.63, 3.8) is 0 Å². The molecule has 0 radical (unpaired) electrons. The molecule has 0 spiro atoms. The van der Waals surface area contributed by atoms with Gasteiger partial charge < -0.3 is 4.74 Å². The fourth-order valence-electron chi connectivity index (χ4n) is 1.36. The smallest absolute Gasteiger partial charge is 0.219 e. The molecule has 1 aromatic carbocycles. The van der Waals surface area contributed by atoms with E-state index < -0.39 is 5.82 Å². The van der Waals surface area contributed by atoms with Crippen LogP contribution in [0.25, 0.3) is 0 Å². The summed E-state index contributed by atoms with van der Waals surface area (Å²) in [7, 11) is 0. The van der Waals surface area contributed by atoms with Crippen molar-refractivity contribution in [3.8, 4) is 24.0 Å². The molecule has 2 nitrogen and oxygen atoms in total. The molecule has 2 aromatic rings. The molecule has 0 aliphatic heterocycles. The summed E-state index contributed by atoms with van der Waals surface area (Å²) < 4.78 is 18.7. The zero-order valence-corrected chi connectivity index (χ0v) is 9.06. The van der Waals surface area contributed by atoms with Crippen molar-refractivity contribution in [2.75, 3.05) is 0 Å². The van der Waals surface area contributed by atoms with E-state index >= 15 is 0 Å². The molecule has 1 heterocycles. The lowest BCUT2D eigenvalue weighted by Crippen LogP contribution is -1.93. The van der Waals surface area contributed by atoms with Crippen LogP contribution in [-0.4, -0.2) is 4.98 Å². The highest BCUT2D eigenvalue weighted by atomic mass is 19.1. The van der Waals surface area contributed by atoms with Gasteiger partial charge in [0, 0.05) is 6.07 Å². The van der Waals surface area contributed by atoms with E-state index in [1.54, 1.807) is 36.4 Å². The molecule has 0 unspecified atom stereocenters. The molecule has 0 aliphatic rings. The van der Waals surface area contributed by atoms with Gasteiger partial charge in [-0.05, 0) is 18.2 Å². The van der Waals surface area contributed by atoms with Gasteiger partial charge in [-0.3, -0.25) is 0 Å². The Morgan fingerprint density at radius 2 is 2.00 bits per heavy atom. The Kier molecular flexibility index (Phi) is 3.37. The number of benzene rings is 1. The number of aromatic nitrogens is 1. The van der Waals surface area contributed by atoms with Gasteiger partial charge >= 0.3 is 0 Å². The van der Waals surface area contributed by atoms with E-state index in [2.05, 4.69) is 10.9 Å². The molecule has 0 atom stereocenters. The average molecular weight is 227 g/mol. The molecule has 0 bridgehead atoms. The van der Waals surface area contributed by atoms with Crippen molar-refractivity contribution in [1.82, 2.24) is 4.98 Å². The predicted octanol–water partition coefficient (Wildman–Crippen LogP) is 3.19. The van der Waals surface area contributed by atoms with Crippen LogP contribution in [0.1, 0.15) is 5.69 Å². The molecule has 17 heavy (non-hydrogen) atoms. The van der Waals surface area contributed by atoms with Crippen molar-refractivity contribution in [2.24, 2.45) is 0 Å². The van der Waals surface area contributed by atoms with Crippen LogP contribution in [0.15, 0.2) is 42.5 Å². The molecular formula is C14H10FNO. The molecule has 84 valence electrons. The Hall–Kier alpha value is -2.34. The number of ether oxygens (including phenoxy) is 1. The normalized spacial score (nSPS) is 9.65. The van der Waals surface area contributed by atoms with E-state index in [0.717, 1.165) is 5.69 Å². The molecule has 0 saturated heterocycles. The fourth-order valence-corrected chi connectivity index (χ4v) is 1.36. The zero-order valence-electron chi connectivity index (χ0n) is 9.06. The van der Waals surface area contributed by atoms with Gasteiger partial charge in [-0.2, -0.15) is 0 Å². The van der Waals surface area contributed by atoms with Crippen molar-refractivity contribution in [2.45, 2.75) is 6.42 Å². The number of hydrogen-bond acceptors (Lipinski definition) is 2. The van der Waals surface area contributed by atoms with Gasteiger partial charge in [-0.15, -0.1) is 12.3 Å². The lowest BCUT2D eigenvalue weighted by molar-refractivity contribution is 0.426. The summed E-state index contributed by atoms with van der Waals surface area (Å²) in [6, 6.07) is 11.4. The third-order valence-corrected chi connectivity index (χ3v) is 2.12. The number of pyridine rings is 1. The van der Waals surface area contributed by atoms with Gasteiger partial charge in [0.15, 0.2) is 11.6 Å². The summed E-state index contributed by atoms with van der Waals surface area (Å²) in [5.41, 5.74) is 0.723. The van der Waals surface area contributed by atoms with E-state index in [1.165, 1.54) is 6.07 Å². The third kappa shape index (κ3) is 2.82. The van der Waals surface area contributed by atoms with Crippen LogP contribution in [0.4, 0.5) is 4.39 Å². The topological polar surface area (TPSA) is 22.1 Å². The highest BCUT2D eigenvalue weighted by Gasteiger charge is 2.04. The maximum absolute atomic E-state index is 13.3. The number of halogens is 1. The average Bonchev–Trinajstić information content (AvgIpc) is 2.33. The van der Waals surface area contributed by atoms with Crippen LogP contribution >= 0.6 is 0 Å². The maximum atomic E-state index is 13.3. The van der Waals surface area contributed by atoms with E-state index in [-0.39, 0.29) is 5.75 Å². The summed E-state index contributed by atoms with van der Waals surface area (Å²) in [4.78, 5) is 4.17. The zero-order chi connectivity index (χ0) is 12.1. The Balaban J connectivity index is 2.22. The highest BCUT2D eigenvalue weighted by molar-refractivity contribution is 5.29. The Morgan fingerprint density at radius 3 is 2.76 bits per heavy atom. The van der Waals surface area contributed by atoms with Crippen molar-refractivity contribution < 1.29 is 9.13 Å². The molecular weight excluding hydrogens is 217 g/mol. The largest absolute Gasteiger partial charge is 0.436 e. The standard InChI is InChI=1S/C14H10FNO/c1-2-6-11-7-5-10-14(16-11)17-13-9-4-3-8-12(13)15/h1,3-5,7-10H,6H2. The van der Waals surface area contributed by atoms with Crippen LogP contribution in [0.5, 0.6) is 11.6 Å². The lowest BCUT2D eigenvalue weighted by atomic mass is 10.3. The van der Waals surface area contributed by atoms with Gasteiger partial charge in [0.2, 0.25) is 5.88 Å². The van der Waals surface area contributed by atoms with Crippen molar-refractivity contribution in [3.05, 3.63) is 54.0 Å². The SMILES string of the molecule is C#CCc1cccc(Oc2ccccc2F)n1. The monoisotopic (exact) mass is 227 g/mol. The van der Waals surface area contributed by atoms with Crippen LogP contribution < -0.4 is 4.74 Å². The molecule has 3 heteroatoms. The van der Waals surface area contributed by atoms with Gasteiger partial charge in [0.1, 0.15) is 0 Å². The van der Waals surface area contributed by atoms with E-state index in [4.69, 9.17) is 11.2 Å². The van der Waals surface area contributed by atoms with Crippen molar-refractivity contribution in [1.29, 1.82) is 0 Å². The quantitative estimate of drug-likeness (QED) is 0.751. The summed E-state index contributed by atoms with van der Waals surface area (Å²) in [5, 5.41) is 0. The van der Waals surface area contributed by atoms with E-state index in [9.17, 15) is 4.39 Å². The minimum Gasteiger partial charge on any atom is -0.436 e. The summed E-state index contributed by atoms with van der Waals surface area (Å²) in [5.74, 6) is 2.56. The highest BCUT2D eigenvalue weighted by Crippen LogP contribution is 2.22. The number of hydrogen-bond donors (Lipinski definition) is 0. The number of rotatable bonds is 3. The molecule has 0 fully saturated rings. The maximum Gasteiger partial charge on any atom is 0.219 e. The second-order valence-corrected chi connectivity index (χ2v) is 3.38. The van der Waals surface area contributed by atoms with E-state index in [0.29, 0.717) is 12.3 Å². The van der Waals surface area contributed by atoms with Crippen LogP contribution in [0, 0.1) is 18.2 Å². The predicted molar refractivity (Wildman–Crippen MR) is 63.2 cm³/mol. The first-order valence-electron chi connectivity index (χ1n) is 5.11. The Morgan fingerprint density at radius 1 is 1.18 bits per heavy atom. The van der Waals surface area contributed by atoms with Crippen LogP contribution in [0.3, 0.4) is 0 Å². The summed E-state index contributed by atoms with van der Waals surface area (Å²) in [6.07, 6.45) is 5.62. The first kappa shape index (κ1) is 11.2. The molecule has 0 aliphatic carbocycles. The summed E-state index contributed by atoms with van der Waals surface area (Å²) in [6.45, 7) is 0. The van der Waals surface area contributed by atoms with Gasteiger partial charge in [-0.25, -0.2) is 9.37 Å². The molecule has 0 saturated carbocycles. The number of terminal acetylenes is 1. The molecule has 0 amide bonds. The van der Waals surface area contributed by atoms with Gasteiger partial charge in [0.05, 0.1) is 12.1 Å². The second kappa shape index (κ2) is 5.13. The molecule has 2 rings (SSSR count). The van der Waals surface area contributed by atoms with Gasteiger partial charge in [0.25, 0.3) is 0 Å². The third-order valence-electron chi connectivity index (χ3n) is 2.12. The second-order valence-electron chi connectivity index (χ2n) is 3.38. The molecule has 1 aromatic heterocycles. The first-order chi connectivity index (χ1) is 8.29. The molecule has 0 N–H and O–H groups in total. The minimum absolute atomic E-state index is 0.151. The number of para-hydroxylation sites is 1. The minimum atomic E-state index is -0.420. The van der Waals surface area contributed by atoms with Crippen LogP contribution in [-0.2, 0) is 6.42 Å². The van der Waals surface area contributed by atoms with Gasteiger partial charge in [-0.1, -0.05) is 18.2 Å². The van der Waals surface area contributed by atoms with Crippen LogP contribution in [0.2, 0.25) is 0 Å². The fraction of sp³-hybridized carbons (Fsp3) is 0.0714. The van der Waals surface area contributed by atoms with E-state index in [1.807, 2.05) is 0 Å². The number of nitrogens with zero attached hydrogens (tertiary/aromatic N) is 1. The lowest BCUT2D eigenvalue weighted by Gasteiger charge is -2.06. The summed E-state index contributed by atoms with van der Waals surface area (Å²) >= 11 is 0. The van der Waals surface area contributed by atoms with Crippen molar-refractivity contribution >= 4 is 0 Å². The Bertz CT molecular complexity index is 560. The first-order valence-corrected chi connectivity index (χ1v) is 5.11.